The van der Waals surface area contributed by atoms with E-state index in [1.807, 2.05) is 48.0 Å². The second-order valence-electron chi connectivity index (χ2n) is 6.35. The lowest BCUT2D eigenvalue weighted by Gasteiger charge is -2.12. The molecule has 0 aliphatic carbocycles. The van der Waals surface area contributed by atoms with E-state index in [0.717, 1.165) is 27.9 Å². The molecule has 0 fully saturated rings. The Kier molecular flexibility index (Phi) is 7.11. The molecule has 3 rings (SSSR count). The van der Waals surface area contributed by atoms with E-state index in [-0.39, 0.29) is 6.61 Å². The number of hydrogen-bond donors (Lipinski definition) is 1. The van der Waals surface area contributed by atoms with Crippen molar-refractivity contribution < 1.29 is 14.6 Å². The second-order valence-corrected chi connectivity index (χ2v) is 7.34. The van der Waals surface area contributed by atoms with Gasteiger partial charge in [0.1, 0.15) is 18.1 Å². The molecule has 0 amide bonds. The van der Waals surface area contributed by atoms with Crippen molar-refractivity contribution in [2.45, 2.75) is 17.7 Å². The van der Waals surface area contributed by atoms with Crippen molar-refractivity contribution in [3.05, 3.63) is 54.1 Å². The summed E-state index contributed by atoms with van der Waals surface area (Å²) in [6, 6.07) is 17.0. The van der Waals surface area contributed by atoms with E-state index in [0.29, 0.717) is 17.9 Å². The van der Waals surface area contributed by atoms with Gasteiger partial charge in [0.2, 0.25) is 0 Å². The molecule has 1 heterocycles. The Balaban J connectivity index is 1.51. The number of nitriles is 1. The van der Waals surface area contributed by atoms with Crippen LogP contribution in [0.25, 0.3) is 11.4 Å². The summed E-state index contributed by atoms with van der Waals surface area (Å²) in [6.45, 7) is 0.174. The third-order valence-electron chi connectivity index (χ3n) is 4.24. The Labute approximate surface area is 173 Å². The molecule has 3 aromatic rings. The summed E-state index contributed by atoms with van der Waals surface area (Å²) in [5.41, 5.74) is 1.88. The lowest BCUT2D eigenvalue weighted by atomic mass is 10.2. The van der Waals surface area contributed by atoms with Gasteiger partial charge < -0.3 is 19.1 Å². The highest BCUT2D eigenvalue weighted by Gasteiger charge is 2.14. The van der Waals surface area contributed by atoms with E-state index in [9.17, 15) is 5.11 Å². The van der Waals surface area contributed by atoms with E-state index in [1.165, 1.54) is 11.8 Å². The monoisotopic (exact) mass is 410 g/mol. The van der Waals surface area contributed by atoms with Gasteiger partial charge in [0, 0.05) is 18.4 Å². The van der Waals surface area contributed by atoms with Gasteiger partial charge in [-0.25, -0.2) is 0 Å². The largest absolute Gasteiger partial charge is 0.497 e. The van der Waals surface area contributed by atoms with Gasteiger partial charge in [0.05, 0.1) is 25.7 Å². The zero-order valence-electron chi connectivity index (χ0n) is 16.3. The molecule has 8 heteroatoms. The van der Waals surface area contributed by atoms with Crippen LogP contribution >= 0.6 is 11.8 Å². The van der Waals surface area contributed by atoms with Crippen LogP contribution in [0.5, 0.6) is 11.5 Å². The number of hydrogen-bond acceptors (Lipinski definition) is 7. The van der Waals surface area contributed by atoms with Crippen LogP contribution in [0.4, 0.5) is 0 Å². The van der Waals surface area contributed by atoms with E-state index >= 15 is 0 Å². The molecular formula is C21H22N4O3S. The number of thioether (sulfide) groups is 1. The van der Waals surface area contributed by atoms with Crippen LogP contribution in [0.2, 0.25) is 0 Å². The molecule has 1 aromatic heterocycles. The fraction of sp³-hybridized carbons (Fsp3) is 0.286. The molecule has 0 radical (unpaired) electrons. The van der Waals surface area contributed by atoms with E-state index in [1.54, 1.807) is 19.2 Å². The first-order chi connectivity index (χ1) is 14.1. The fourth-order valence-corrected chi connectivity index (χ4v) is 3.45. The van der Waals surface area contributed by atoms with Gasteiger partial charge in [-0.3, -0.25) is 0 Å². The summed E-state index contributed by atoms with van der Waals surface area (Å²) in [7, 11) is 3.53. The number of ether oxygens (including phenoxy) is 2. The molecule has 150 valence electrons. The van der Waals surface area contributed by atoms with Crippen molar-refractivity contribution in [1.29, 1.82) is 5.26 Å². The molecule has 0 aliphatic rings. The van der Waals surface area contributed by atoms with E-state index in [2.05, 4.69) is 16.3 Å². The van der Waals surface area contributed by atoms with Crippen molar-refractivity contribution in [3.8, 4) is 29.0 Å². The molecule has 1 N–H and O–H groups in total. The van der Waals surface area contributed by atoms with Crippen molar-refractivity contribution in [1.82, 2.24) is 14.8 Å². The van der Waals surface area contributed by atoms with Crippen LogP contribution in [-0.4, -0.2) is 45.4 Å². The predicted molar refractivity (Wildman–Crippen MR) is 111 cm³/mol. The molecular weight excluding hydrogens is 388 g/mol. The van der Waals surface area contributed by atoms with Crippen LogP contribution in [0.1, 0.15) is 5.56 Å². The highest BCUT2D eigenvalue weighted by Crippen LogP contribution is 2.25. The molecule has 0 aliphatic heterocycles. The first-order valence-electron chi connectivity index (χ1n) is 9.04. The van der Waals surface area contributed by atoms with Crippen molar-refractivity contribution in [2.24, 2.45) is 7.05 Å². The topological polar surface area (TPSA) is 93.2 Å². The highest BCUT2D eigenvalue weighted by atomic mass is 32.2. The van der Waals surface area contributed by atoms with Crippen molar-refractivity contribution in [3.63, 3.8) is 0 Å². The smallest absolute Gasteiger partial charge is 0.191 e. The minimum atomic E-state index is -0.653. The first kappa shape index (κ1) is 20.7. The van der Waals surface area contributed by atoms with Gasteiger partial charge in [-0.1, -0.05) is 23.9 Å². The molecule has 0 unspecified atom stereocenters. The van der Waals surface area contributed by atoms with Crippen molar-refractivity contribution >= 4 is 11.8 Å². The Hall–Kier alpha value is -3.02. The normalized spacial score (nSPS) is 11.7. The second kappa shape index (κ2) is 9.96. The standard InChI is InChI=1S/C21H22N4O3S/c1-25-20(16-5-9-18(27-2)10-6-16)23-24-21(25)29-14-17(26)13-28-19-7-3-15(4-8-19)11-12-22/h3-10,17,26H,11,13-14H2,1-2H3/t17-/m0/s1. The third kappa shape index (κ3) is 5.50. The molecule has 7 nitrogen and oxygen atoms in total. The summed E-state index contributed by atoms with van der Waals surface area (Å²) >= 11 is 1.42. The van der Waals surface area contributed by atoms with Gasteiger partial charge in [0.15, 0.2) is 11.0 Å². The van der Waals surface area contributed by atoms with Gasteiger partial charge in [-0.05, 0) is 42.0 Å². The highest BCUT2D eigenvalue weighted by molar-refractivity contribution is 7.99. The van der Waals surface area contributed by atoms with Gasteiger partial charge in [-0.2, -0.15) is 5.26 Å². The minimum absolute atomic E-state index is 0.174. The Morgan fingerprint density at radius 3 is 2.45 bits per heavy atom. The van der Waals surface area contributed by atoms with Crippen LogP contribution in [0.3, 0.4) is 0 Å². The molecule has 1 atom stereocenters. The lowest BCUT2D eigenvalue weighted by Crippen LogP contribution is -2.20. The zero-order chi connectivity index (χ0) is 20.6. The SMILES string of the molecule is COc1ccc(-c2nnc(SC[C@@H](O)COc3ccc(CC#N)cc3)n2C)cc1. The quantitative estimate of drug-likeness (QED) is 0.542. The number of methoxy groups -OCH3 is 1. The number of rotatable bonds is 9. The number of aliphatic hydroxyl groups is 1. The maximum absolute atomic E-state index is 10.2. The summed E-state index contributed by atoms with van der Waals surface area (Å²) in [5.74, 6) is 2.63. The minimum Gasteiger partial charge on any atom is -0.497 e. The average Bonchev–Trinajstić information content (AvgIpc) is 3.12. The Morgan fingerprint density at radius 1 is 1.10 bits per heavy atom. The first-order valence-corrected chi connectivity index (χ1v) is 10.0. The van der Waals surface area contributed by atoms with Gasteiger partial charge in [-0.15, -0.1) is 10.2 Å². The van der Waals surface area contributed by atoms with Gasteiger partial charge in [0.25, 0.3) is 0 Å². The van der Waals surface area contributed by atoms with Crippen LogP contribution < -0.4 is 9.47 Å². The van der Waals surface area contributed by atoms with Crippen molar-refractivity contribution in [2.75, 3.05) is 19.5 Å². The summed E-state index contributed by atoms with van der Waals surface area (Å²) in [5, 5.41) is 28.1. The number of benzene rings is 2. The van der Waals surface area contributed by atoms with Gasteiger partial charge >= 0.3 is 0 Å². The average molecular weight is 410 g/mol. The zero-order valence-corrected chi connectivity index (χ0v) is 17.1. The third-order valence-corrected chi connectivity index (χ3v) is 5.40. The Morgan fingerprint density at radius 2 is 1.79 bits per heavy atom. The number of nitrogens with zero attached hydrogens (tertiary/aromatic N) is 4. The number of aliphatic hydroxyl groups excluding tert-OH is 1. The van der Waals surface area contributed by atoms with Crippen LogP contribution in [0, 0.1) is 11.3 Å². The van der Waals surface area contributed by atoms with Crippen LogP contribution in [0.15, 0.2) is 53.7 Å². The van der Waals surface area contributed by atoms with Crippen LogP contribution in [-0.2, 0) is 13.5 Å². The molecule has 29 heavy (non-hydrogen) atoms. The summed E-state index contributed by atoms with van der Waals surface area (Å²) in [6.07, 6.45) is -0.282. The predicted octanol–water partition coefficient (Wildman–Crippen LogP) is 3.09. The Bertz CT molecular complexity index is 965. The summed E-state index contributed by atoms with van der Waals surface area (Å²) < 4.78 is 12.7. The summed E-state index contributed by atoms with van der Waals surface area (Å²) in [4.78, 5) is 0. The maximum Gasteiger partial charge on any atom is 0.191 e. The molecule has 0 saturated heterocycles. The molecule has 0 bridgehead atoms. The molecule has 0 spiro atoms. The van der Waals surface area contributed by atoms with E-state index in [4.69, 9.17) is 14.7 Å². The number of aromatic nitrogens is 3. The lowest BCUT2D eigenvalue weighted by molar-refractivity contribution is 0.126. The molecule has 2 aromatic carbocycles. The van der Waals surface area contributed by atoms with E-state index < -0.39 is 6.10 Å². The fourth-order valence-electron chi connectivity index (χ4n) is 2.64. The molecule has 0 saturated carbocycles. The maximum atomic E-state index is 10.2.